The highest BCUT2D eigenvalue weighted by Gasteiger charge is 2.27. The van der Waals surface area contributed by atoms with E-state index in [0.29, 0.717) is 29.4 Å². The highest BCUT2D eigenvalue weighted by Crippen LogP contribution is 2.23. The van der Waals surface area contributed by atoms with Crippen LogP contribution >= 0.6 is 11.6 Å². The molecule has 2 aromatic carbocycles. The lowest BCUT2D eigenvalue weighted by atomic mass is 10.1. The van der Waals surface area contributed by atoms with Crippen LogP contribution in [0.3, 0.4) is 0 Å². The Morgan fingerprint density at radius 2 is 1.72 bits per heavy atom. The zero-order chi connectivity index (χ0) is 18.0. The summed E-state index contributed by atoms with van der Waals surface area (Å²) in [5, 5.41) is 3.33. The van der Waals surface area contributed by atoms with E-state index < -0.39 is 10.0 Å². The average Bonchev–Trinajstić information content (AvgIpc) is 3.13. The van der Waals surface area contributed by atoms with Crippen molar-refractivity contribution in [3.8, 4) is 0 Å². The highest BCUT2D eigenvalue weighted by atomic mass is 35.5. The Balaban J connectivity index is 1.78. The number of anilines is 1. The molecule has 1 saturated heterocycles. The molecule has 132 valence electrons. The third kappa shape index (κ3) is 3.86. The first-order valence-electron chi connectivity index (χ1n) is 8.05. The number of amides is 1. The van der Waals surface area contributed by atoms with E-state index in [9.17, 15) is 13.2 Å². The van der Waals surface area contributed by atoms with E-state index in [0.717, 1.165) is 18.4 Å². The SMILES string of the molecule is Cc1ccc(Cl)cc1NC(=O)c1ccc(S(=O)(=O)N2CCCC2)cc1. The summed E-state index contributed by atoms with van der Waals surface area (Å²) in [6.07, 6.45) is 1.78. The van der Waals surface area contributed by atoms with E-state index >= 15 is 0 Å². The molecule has 1 amide bonds. The van der Waals surface area contributed by atoms with Crippen molar-refractivity contribution < 1.29 is 13.2 Å². The van der Waals surface area contributed by atoms with Gasteiger partial charge in [-0.15, -0.1) is 0 Å². The number of hydrogen-bond donors (Lipinski definition) is 1. The quantitative estimate of drug-likeness (QED) is 0.882. The summed E-state index contributed by atoms with van der Waals surface area (Å²) < 4.78 is 26.5. The van der Waals surface area contributed by atoms with Crippen molar-refractivity contribution in [1.82, 2.24) is 4.31 Å². The van der Waals surface area contributed by atoms with E-state index in [1.54, 1.807) is 12.1 Å². The molecule has 2 aromatic rings. The number of carbonyl (C=O) groups excluding carboxylic acids is 1. The van der Waals surface area contributed by atoms with Crippen molar-refractivity contribution in [2.45, 2.75) is 24.7 Å². The number of rotatable bonds is 4. The van der Waals surface area contributed by atoms with Crippen LogP contribution < -0.4 is 5.32 Å². The highest BCUT2D eigenvalue weighted by molar-refractivity contribution is 7.89. The number of halogens is 1. The molecule has 7 heteroatoms. The summed E-state index contributed by atoms with van der Waals surface area (Å²) in [5.41, 5.74) is 1.91. The van der Waals surface area contributed by atoms with Gasteiger partial charge in [-0.25, -0.2) is 8.42 Å². The second-order valence-electron chi connectivity index (χ2n) is 6.05. The summed E-state index contributed by atoms with van der Waals surface area (Å²) in [5.74, 6) is -0.310. The minimum absolute atomic E-state index is 0.213. The molecule has 0 radical (unpaired) electrons. The van der Waals surface area contributed by atoms with Crippen LogP contribution in [0.5, 0.6) is 0 Å². The normalized spacial score (nSPS) is 15.3. The lowest BCUT2D eigenvalue weighted by Gasteiger charge is -2.15. The molecule has 1 N–H and O–H groups in total. The Bertz CT molecular complexity index is 889. The minimum Gasteiger partial charge on any atom is -0.322 e. The smallest absolute Gasteiger partial charge is 0.255 e. The van der Waals surface area contributed by atoms with Gasteiger partial charge in [0.05, 0.1) is 4.90 Å². The first-order chi connectivity index (χ1) is 11.9. The maximum atomic E-state index is 12.5. The van der Waals surface area contributed by atoms with Gasteiger partial charge in [-0.1, -0.05) is 17.7 Å². The van der Waals surface area contributed by atoms with Gasteiger partial charge in [0.2, 0.25) is 10.0 Å². The van der Waals surface area contributed by atoms with Gasteiger partial charge in [0.15, 0.2) is 0 Å². The van der Waals surface area contributed by atoms with Crippen LogP contribution in [0.15, 0.2) is 47.4 Å². The zero-order valence-electron chi connectivity index (χ0n) is 13.8. The van der Waals surface area contributed by atoms with Crippen molar-refractivity contribution in [2.75, 3.05) is 18.4 Å². The molecule has 0 aromatic heterocycles. The molecule has 0 spiro atoms. The van der Waals surface area contributed by atoms with Gasteiger partial charge in [0, 0.05) is 29.4 Å². The second kappa shape index (κ2) is 7.15. The zero-order valence-corrected chi connectivity index (χ0v) is 15.4. The van der Waals surface area contributed by atoms with Crippen molar-refractivity contribution in [3.05, 3.63) is 58.6 Å². The lowest BCUT2D eigenvalue weighted by molar-refractivity contribution is 0.102. The topological polar surface area (TPSA) is 66.5 Å². The molecule has 5 nitrogen and oxygen atoms in total. The van der Waals surface area contributed by atoms with Crippen molar-refractivity contribution in [2.24, 2.45) is 0 Å². The maximum absolute atomic E-state index is 12.5. The fourth-order valence-corrected chi connectivity index (χ4v) is 4.47. The number of nitrogens with one attached hydrogen (secondary N) is 1. The molecule has 0 atom stereocenters. The molecule has 0 aliphatic carbocycles. The van der Waals surface area contributed by atoms with Crippen LogP contribution in [0.4, 0.5) is 5.69 Å². The van der Waals surface area contributed by atoms with Gasteiger partial charge in [-0.05, 0) is 61.7 Å². The largest absolute Gasteiger partial charge is 0.322 e. The van der Waals surface area contributed by atoms with Gasteiger partial charge in [-0.2, -0.15) is 4.31 Å². The third-order valence-corrected chi connectivity index (χ3v) is 6.42. The van der Waals surface area contributed by atoms with Crippen molar-refractivity contribution >= 4 is 33.2 Å². The van der Waals surface area contributed by atoms with Crippen LogP contribution in [-0.4, -0.2) is 31.7 Å². The van der Waals surface area contributed by atoms with Gasteiger partial charge in [-0.3, -0.25) is 4.79 Å². The molecular weight excluding hydrogens is 360 g/mol. The minimum atomic E-state index is -3.47. The predicted octanol–water partition coefficient (Wildman–Crippen LogP) is 3.69. The average molecular weight is 379 g/mol. The molecular formula is C18H19ClN2O3S. The summed E-state index contributed by atoms with van der Waals surface area (Å²) in [6, 6.07) is 11.3. The van der Waals surface area contributed by atoms with Crippen LogP contribution in [-0.2, 0) is 10.0 Å². The third-order valence-electron chi connectivity index (χ3n) is 4.27. The Hall–Kier alpha value is -1.89. The number of aryl methyl sites for hydroxylation is 1. The predicted molar refractivity (Wildman–Crippen MR) is 98.6 cm³/mol. The lowest BCUT2D eigenvalue weighted by Crippen LogP contribution is -2.27. The second-order valence-corrected chi connectivity index (χ2v) is 8.42. The first kappa shape index (κ1) is 17.9. The fraction of sp³-hybridized carbons (Fsp3) is 0.278. The number of sulfonamides is 1. The first-order valence-corrected chi connectivity index (χ1v) is 9.87. The molecule has 3 rings (SSSR count). The molecule has 1 aliphatic rings. The van der Waals surface area contributed by atoms with Crippen molar-refractivity contribution in [1.29, 1.82) is 0 Å². The fourth-order valence-electron chi connectivity index (χ4n) is 2.78. The van der Waals surface area contributed by atoms with Crippen LogP contribution in [0.2, 0.25) is 5.02 Å². The van der Waals surface area contributed by atoms with Crippen LogP contribution in [0.1, 0.15) is 28.8 Å². The monoisotopic (exact) mass is 378 g/mol. The molecule has 1 aliphatic heterocycles. The summed E-state index contributed by atoms with van der Waals surface area (Å²) >= 11 is 5.96. The molecule has 1 fully saturated rings. The van der Waals surface area contributed by atoms with E-state index in [4.69, 9.17) is 11.6 Å². The summed E-state index contributed by atoms with van der Waals surface area (Å²) in [7, 11) is -3.47. The van der Waals surface area contributed by atoms with E-state index in [1.807, 2.05) is 13.0 Å². The van der Waals surface area contributed by atoms with Gasteiger partial charge < -0.3 is 5.32 Å². The Kier molecular flexibility index (Phi) is 5.13. The Labute approximate surface area is 152 Å². The van der Waals surface area contributed by atoms with E-state index in [2.05, 4.69) is 5.32 Å². The molecule has 0 unspecified atom stereocenters. The summed E-state index contributed by atoms with van der Waals surface area (Å²) in [4.78, 5) is 12.6. The number of benzene rings is 2. The Morgan fingerprint density at radius 3 is 2.36 bits per heavy atom. The number of hydrogen-bond acceptors (Lipinski definition) is 3. The van der Waals surface area contributed by atoms with E-state index in [-0.39, 0.29) is 10.8 Å². The molecule has 0 bridgehead atoms. The van der Waals surface area contributed by atoms with Crippen molar-refractivity contribution in [3.63, 3.8) is 0 Å². The van der Waals surface area contributed by atoms with Crippen LogP contribution in [0, 0.1) is 6.92 Å². The molecule has 25 heavy (non-hydrogen) atoms. The molecule has 1 heterocycles. The van der Waals surface area contributed by atoms with Gasteiger partial charge in [0.1, 0.15) is 0 Å². The maximum Gasteiger partial charge on any atom is 0.255 e. The molecule has 0 saturated carbocycles. The summed E-state index contributed by atoms with van der Waals surface area (Å²) in [6.45, 7) is 2.98. The van der Waals surface area contributed by atoms with Gasteiger partial charge >= 0.3 is 0 Å². The van der Waals surface area contributed by atoms with E-state index in [1.165, 1.54) is 28.6 Å². The Morgan fingerprint density at radius 1 is 1.08 bits per heavy atom. The number of nitrogens with zero attached hydrogens (tertiary/aromatic N) is 1. The van der Waals surface area contributed by atoms with Gasteiger partial charge in [0.25, 0.3) is 5.91 Å². The standard InChI is InChI=1S/C18H19ClN2O3S/c1-13-4-7-15(19)12-17(13)20-18(22)14-5-8-16(9-6-14)25(23,24)21-10-2-3-11-21/h4-9,12H,2-3,10-11H2,1H3,(H,20,22). The van der Waals surface area contributed by atoms with Crippen LogP contribution in [0.25, 0.3) is 0 Å². The number of carbonyl (C=O) groups is 1.